The third kappa shape index (κ3) is 3.47. The number of rotatable bonds is 5. The number of amides is 1. The van der Waals surface area contributed by atoms with Crippen molar-refractivity contribution in [2.75, 3.05) is 12.3 Å². The van der Waals surface area contributed by atoms with Crippen LogP contribution in [0.5, 0.6) is 0 Å². The van der Waals surface area contributed by atoms with Crippen molar-refractivity contribution in [2.24, 2.45) is 0 Å². The number of benzene rings is 1. The van der Waals surface area contributed by atoms with E-state index in [2.05, 4.69) is 10.2 Å². The van der Waals surface area contributed by atoms with Gasteiger partial charge in [-0.15, -0.1) is 10.2 Å². The van der Waals surface area contributed by atoms with Gasteiger partial charge in [0.05, 0.1) is 6.04 Å². The lowest BCUT2D eigenvalue weighted by Gasteiger charge is -2.41. The summed E-state index contributed by atoms with van der Waals surface area (Å²) in [6, 6.07) is 6.52. The number of nitrogens with zero attached hydrogens (tertiary/aromatic N) is 3. The molecule has 1 atom stereocenters. The lowest BCUT2D eigenvalue weighted by molar-refractivity contribution is -0.138. The van der Waals surface area contributed by atoms with Crippen LogP contribution in [0.4, 0.5) is 4.39 Å². The van der Waals surface area contributed by atoms with Gasteiger partial charge >= 0.3 is 0 Å². The number of likely N-dealkylation sites (tertiary alicyclic amines) is 1. The highest BCUT2D eigenvalue weighted by molar-refractivity contribution is 8.01. The van der Waals surface area contributed by atoms with Crippen molar-refractivity contribution < 1.29 is 9.18 Å². The first-order chi connectivity index (χ1) is 10.6. The van der Waals surface area contributed by atoms with Crippen molar-refractivity contribution >= 4 is 29.0 Å². The van der Waals surface area contributed by atoms with E-state index in [0.717, 1.165) is 27.9 Å². The molecule has 4 nitrogen and oxygen atoms in total. The molecule has 1 saturated heterocycles. The van der Waals surface area contributed by atoms with E-state index < -0.39 is 0 Å². The van der Waals surface area contributed by atoms with Gasteiger partial charge in [0.25, 0.3) is 0 Å². The molecule has 116 valence electrons. The molecular formula is C15H16FN3OS2. The zero-order valence-corrected chi connectivity index (χ0v) is 13.8. The molecule has 1 amide bonds. The Bertz CT molecular complexity index is 659. The third-order valence-electron chi connectivity index (χ3n) is 3.64. The topological polar surface area (TPSA) is 46.1 Å². The van der Waals surface area contributed by atoms with Gasteiger partial charge in [0, 0.05) is 18.7 Å². The Morgan fingerprint density at radius 1 is 1.41 bits per heavy atom. The van der Waals surface area contributed by atoms with Crippen LogP contribution < -0.4 is 0 Å². The number of hydrogen-bond donors (Lipinski definition) is 0. The monoisotopic (exact) mass is 337 g/mol. The maximum absolute atomic E-state index is 13.0. The van der Waals surface area contributed by atoms with Crippen molar-refractivity contribution in [3.8, 4) is 0 Å². The molecular weight excluding hydrogens is 321 g/mol. The fourth-order valence-corrected chi connectivity index (χ4v) is 4.24. The first-order valence-corrected chi connectivity index (χ1v) is 8.91. The standard InChI is InChI=1S/C15H16FN3OS2/c1-10-17-18-15(22-10)21-9-7-14(20)19-8-6-13(19)11-2-4-12(16)5-3-11/h2-5,13H,6-9H2,1H3/t13-/m0/s1. The van der Waals surface area contributed by atoms with Crippen molar-refractivity contribution in [1.82, 2.24) is 15.1 Å². The molecule has 1 aromatic heterocycles. The predicted molar refractivity (Wildman–Crippen MR) is 85.5 cm³/mol. The van der Waals surface area contributed by atoms with E-state index in [1.54, 1.807) is 35.2 Å². The fourth-order valence-electron chi connectivity index (χ4n) is 2.42. The predicted octanol–water partition coefficient (Wildman–Crippen LogP) is 3.44. The van der Waals surface area contributed by atoms with Gasteiger partial charge in [0.1, 0.15) is 10.8 Å². The Morgan fingerprint density at radius 3 is 2.77 bits per heavy atom. The highest BCUT2D eigenvalue weighted by atomic mass is 32.2. The highest BCUT2D eigenvalue weighted by Gasteiger charge is 2.32. The summed E-state index contributed by atoms with van der Waals surface area (Å²) in [5.74, 6) is 0.610. The minimum absolute atomic E-state index is 0.0990. The SMILES string of the molecule is Cc1nnc(SCCC(=O)N2CC[C@H]2c2ccc(F)cc2)s1. The maximum atomic E-state index is 13.0. The van der Waals surface area contributed by atoms with E-state index in [1.165, 1.54) is 12.1 Å². The Kier molecular flexibility index (Phi) is 4.73. The Balaban J connectivity index is 1.51. The summed E-state index contributed by atoms with van der Waals surface area (Å²) in [5.41, 5.74) is 1.01. The first-order valence-electron chi connectivity index (χ1n) is 7.11. The normalized spacial score (nSPS) is 17.4. The van der Waals surface area contributed by atoms with Gasteiger partial charge in [0.2, 0.25) is 5.91 Å². The number of aromatic nitrogens is 2. The van der Waals surface area contributed by atoms with Crippen LogP contribution in [0.25, 0.3) is 0 Å². The largest absolute Gasteiger partial charge is 0.335 e. The summed E-state index contributed by atoms with van der Waals surface area (Å²) in [7, 11) is 0. The summed E-state index contributed by atoms with van der Waals surface area (Å²) < 4.78 is 13.9. The Labute approximate surface area is 136 Å². The molecule has 2 heterocycles. The van der Waals surface area contributed by atoms with Crippen LogP contribution >= 0.6 is 23.1 Å². The first kappa shape index (κ1) is 15.4. The summed E-state index contributed by atoms with van der Waals surface area (Å²) in [6.07, 6.45) is 1.43. The number of carbonyl (C=O) groups excluding carboxylic acids is 1. The molecule has 0 bridgehead atoms. The summed E-state index contributed by atoms with van der Waals surface area (Å²) in [6.45, 7) is 2.70. The minimum atomic E-state index is -0.246. The number of hydrogen-bond acceptors (Lipinski definition) is 5. The van der Waals surface area contributed by atoms with Crippen LogP contribution in [0, 0.1) is 12.7 Å². The maximum Gasteiger partial charge on any atom is 0.223 e. The van der Waals surface area contributed by atoms with E-state index in [-0.39, 0.29) is 17.8 Å². The number of halogens is 1. The van der Waals surface area contributed by atoms with Gasteiger partial charge in [0.15, 0.2) is 4.34 Å². The smallest absolute Gasteiger partial charge is 0.223 e. The minimum Gasteiger partial charge on any atom is -0.335 e. The lowest BCUT2D eigenvalue weighted by Crippen LogP contribution is -2.45. The molecule has 3 rings (SSSR count). The second-order valence-electron chi connectivity index (χ2n) is 5.13. The highest BCUT2D eigenvalue weighted by Crippen LogP contribution is 2.34. The molecule has 1 aromatic carbocycles. The fraction of sp³-hybridized carbons (Fsp3) is 0.400. The molecule has 0 unspecified atom stereocenters. The van der Waals surface area contributed by atoms with Crippen LogP contribution in [-0.2, 0) is 4.79 Å². The van der Waals surface area contributed by atoms with Gasteiger partial charge in [-0.2, -0.15) is 0 Å². The van der Waals surface area contributed by atoms with Crippen molar-refractivity contribution in [3.05, 3.63) is 40.7 Å². The van der Waals surface area contributed by atoms with Crippen LogP contribution in [0.1, 0.15) is 29.5 Å². The molecule has 7 heteroatoms. The molecule has 0 N–H and O–H groups in total. The summed E-state index contributed by atoms with van der Waals surface area (Å²) in [4.78, 5) is 14.2. The zero-order chi connectivity index (χ0) is 15.5. The molecule has 0 spiro atoms. The average molecular weight is 337 g/mol. The van der Waals surface area contributed by atoms with Crippen LogP contribution in [0.3, 0.4) is 0 Å². The van der Waals surface area contributed by atoms with Crippen molar-refractivity contribution in [1.29, 1.82) is 0 Å². The van der Waals surface area contributed by atoms with Crippen molar-refractivity contribution in [3.63, 3.8) is 0 Å². The molecule has 2 aromatic rings. The van der Waals surface area contributed by atoms with Gasteiger partial charge in [-0.1, -0.05) is 35.2 Å². The molecule has 22 heavy (non-hydrogen) atoms. The molecule has 0 radical (unpaired) electrons. The molecule has 0 saturated carbocycles. The van der Waals surface area contributed by atoms with E-state index in [1.807, 2.05) is 11.8 Å². The second kappa shape index (κ2) is 6.75. The summed E-state index contributed by atoms with van der Waals surface area (Å²) >= 11 is 3.12. The number of thioether (sulfide) groups is 1. The Morgan fingerprint density at radius 2 is 2.18 bits per heavy atom. The van der Waals surface area contributed by atoms with E-state index in [0.29, 0.717) is 12.2 Å². The van der Waals surface area contributed by atoms with Crippen LogP contribution in [0.15, 0.2) is 28.6 Å². The van der Waals surface area contributed by atoms with E-state index in [9.17, 15) is 9.18 Å². The molecule has 0 aliphatic carbocycles. The van der Waals surface area contributed by atoms with Crippen LogP contribution in [-0.4, -0.2) is 33.3 Å². The van der Waals surface area contributed by atoms with Gasteiger partial charge in [-0.05, 0) is 31.0 Å². The number of carbonyl (C=O) groups is 1. The summed E-state index contributed by atoms with van der Waals surface area (Å²) in [5, 5.41) is 8.93. The number of aryl methyl sites for hydroxylation is 1. The average Bonchev–Trinajstić information content (AvgIpc) is 2.86. The van der Waals surface area contributed by atoms with E-state index in [4.69, 9.17) is 0 Å². The second-order valence-corrected chi connectivity index (χ2v) is 7.65. The lowest BCUT2D eigenvalue weighted by atomic mass is 9.94. The van der Waals surface area contributed by atoms with Gasteiger partial charge in [-0.25, -0.2) is 4.39 Å². The molecule has 1 aliphatic rings. The van der Waals surface area contributed by atoms with Gasteiger partial charge < -0.3 is 4.90 Å². The van der Waals surface area contributed by atoms with Gasteiger partial charge in [-0.3, -0.25) is 4.79 Å². The van der Waals surface area contributed by atoms with E-state index >= 15 is 0 Å². The van der Waals surface area contributed by atoms with Crippen LogP contribution in [0.2, 0.25) is 0 Å². The third-order valence-corrected chi connectivity index (χ3v) is 5.62. The zero-order valence-electron chi connectivity index (χ0n) is 12.2. The molecule has 1 aliphatic heterocycles. The molecule has 1 fully saturated rings. The van der Waals surface area contributed by atoms with Crippen molar-refractivity contribution in [2.45, 2.75) is 30.1 Å². The quantitative estimate of drug-likeness (QED) is 0.784. The Hall–Kier alpha value is -1.47.